The summed E-state index contributed by atoms with van der Waals surface area (Å²) in [7, 11) is 1.49. The Labute approximate surface area is 247 Å². The summed E-state index contributed by atoms with van der Waals surface area (Å²) in [4.78, 5) is 30.9. The smallest absolute Gasteiger partial charge is 0.245 e. The van der Waals surface area contributed by atoms with Gasteiger partial charge in [0.25, 0.3) is 0 Å². The van der Waals surface area contributed by atoms with Crippen molar-refractivity contribution in [3.05, 3.63) is 83.9 Å². The molecule has 4 rings (SSSR count). The van der Waals surface area contributed by atoms with Gasteiger partial charge in [-0.3, -0.25) is 14.6 Å². The number of carbonyl (C=O) groups excluding carboxylic acids is 2. The lowest BCUT2D eigenvalue weighted by atomic mass is 9.97. The summed E-state index contributed by atoms with van der Waals surface area (Å²) < 4.78 is 24.0. The van der Waals surface area contributed by atoms with Crippen LogP contribution in [0.3, 0.4) is 0 Å². The van der Waals surface area contributed by atoms with E-state index in [-0.39, 0.29) is 43.2 Å². The van der Waals surface area contributed by atoms with E-state index >= 15 is 0 Å². The van der Waals surface area contributed by atoms with E-state index in [4.69, 9.17) is 9.47 Å². The molecule has 0 aromatic heterocycles. The monoisotopic (exact) mass is 577 g/mol. The molecule has 2 amide bonds. The number of hydrogen-bond acceptors (Lipinski definition) is 7. The third-order valence-electron chi connectivity index (χ3n) is 7.26. The van der Waals surface area contributed by atoms with E-state index in [0.717, 1.165) is 11.1 Å². The molecule has 1 unspecified atom stereocenters. The van der Waals surface area contributed by atoms with E-state index in [1.165, 1.54) is 19.2 Å². The van der Waals surface area contributed by atoms with E-state index in [1.807, 2.05) is 54.2 Å². The van der Waals surface area contributed by atoms with Crippen LogP contribution in [0.2, 0.25) is 0 Å². The molecular weight excluding hydrogens is 537 g/mol. The Morgan fingerprint density at radius 2 is 1.86 bits per heavy atom. The zero-order valence-corrected chi connectivity index (χ0v) is 24.6. The molecule has 224 valence electrons. The van der Waals surface area contributed by atoms with E-state index in [0.29, 0.717) is 38.5 Å². The predicted molar refractivity (Wildman–Crippen MR) is 157 cm³/mol. The summed E-state index contributed by atoms with van der Waals surface area (Å²) in [6.45, 7) is 10.5. The minimum atomic E-state index is -0.606. The third-order valence-corrected chi connectivity index (χ3v) is 7.26. The van der Waals surface area contributed by atoms with Crippen LogP contribution in [0, 0.1) is 23.8 Å². The van der Waals surface area contributed by atoms with Gasteiger partial charge in [-0.05, 0) is 41.5 Å². The van der Waals surface area contributed by atoms with Gasteiger partial charge < -0.3 is 24.6 Å². The second-order valence-corrected chi connectivity index (χ2v) is 10.8. The van der Waals surface area contributed by atoms with Gasteiger partial charge in [0.1, 0.15) is 30.0 Å². The minimum Gasteiger partial charge on any atom is -0.450 e. The maximum Gasteiger partial charge on any atom is 0.245 e. The van der Waals surface area contributed by atoms with Crippen molar-refractivity contribution in [1.82, 2.24) is 25.1 Å². The van der Waals surface area contributed by atoms with Crippen LogP contribution in [0.5, 0.6) is 0 Å². The van der Waals surface area contributed by atoms with E-state index in [9.17, 15) is 14.0 Å². The highest BCUT2D eigenvalue weighted by atomic mass is 19.1. The zero-order chi connectivity index (χ0) is 30.1. The number of carbonyl (C=O) groups is 2. The van der Waals surface area contributed by atoms with Crippen LogP contribution in [0.1, 0.15) is 31.4 Å². The van der Waals surface area contributed by atoms with Gasteiger partial charge in [0, 0.05) is 13.1 Å². The molecule has 2 aromatic rings. The highest BCUT2D eigenvalue weighted by molar-refractivity contribution is 5.90. The number of hydrogen-bond donors (Lipinski definition) is 1. The fourth-order valence-electron chi connectivity index (χ4n) is 5.32. The van der Waals surface area contributed by atoms with Crippen LogP contribution >= 0.6 is 0 Å². The number of methoxy groups -OCH3 is 1. The summed E-state index contributed by atoms with van der Waals surface area (Å²) in [6.07, 6.45) is 2.66. The van der Waals surface area contributed by atoms with Crippen molar-refractivity contribution in [1.29, 1.82) is 0 Å². The van der Waals surface area contributed by atoms with Crippen LogP contribution in [0.15, 0.2) is 67.0 Å². The lowest BCUT2D eigenvalue weighted by molar-refractivity contribution is -0.195. The molecule has 0 bridgehead atoms. The predicted octanol–water partition coefficient (Wildman–Crippen LogP) is 3.15. The van der Waals surface area contributed by atoms with Gasteiger partial charge >= 0.3 is 0 Å². The molecule has 42 heavy (non-hydrogen) atoms. The topological polar surface area (TPSA) is 77.6 Å². The van der Waals surface area contributed by atoms with E-state index < -0.39 is 12.2 Å². The van der Waals surface area contributed by atoms with Gasteiger partial charge in [-0.25, -0.2) is 4.39 Å². The average molecular weight is 578 g/mol. The summed E-state index contributed by atoms with van der Waals surface area (Å²) in [5.41, 5.74) is 1.94. The summed E-state index contributed by atoms with van der Waals surface area (Å²) in [5.74, 6) is 3.23. The number of fused-ring (bicyclic) bond motifs is 1. The molecule has 2 aliphatic heterocycles. The number of nitrogens with one attached hydrogen (secondary N) is 1. The lowest BCUT2D eigenvalue weighted by Crippen LogP contribution is -2.75. The molecule has 2 fully saturated rings. The van der Waals surface area contributed by atoms with E-state index in [2.05, 4.69) is 23.9 Å². The number of hydrazine groups is 1. The van der Waals surface area contributed by atoms with Gasteiger partial charge in [-0.1, -0.05) is 62.9 Å². The standard InChI is InChI=1S/C32H40FN5O4/c1-24(2)19-29-32(40)35(16-18-42-23-27-11-13-28(33)14-12-27)21-30-37(29)31(39)22-36(15-8-17-41-4)38(30)25(3)34-20-26-9-6-5-7-10-26/h5-7,9-14,24,29-30,34H,3,15-16,18-23H2,1-2,4H3/t29-,30?/m0/s1. The first kappa shape index (κ1) is 30.9. The summed E-state index contributed by atoms with van der Waals surface area (Å²) >= 11 is 0. The van der Waals surface area contributed by atoms with Gasteiger partial charge in [-0.2, -0.15) is 5.01 Å². The molecule has 2 aliphatic rings. The fourth-order valence-corrected chi connectivity index (χ4v) is 5.32. The lowest BCUT2D eigenvalue weighted by Gasteiger charge is -2.56. The van der Waals surface area contributed by atoms with Crippen molar-refractivity contribution in [2.24, 2.45) is 5.92 Å². The second kappa shape index (κ2) is 14.7. The Morgan fingerprint density at radius 3 is 2.55 bits per heavy atom. The number of benzene rings is 2. The first-order valence-electron chi connectivity index (χ1n) is 14.2. The number of halogens is 1. The number of nitrogens with zero attached hydrogens (tertiary/aromatic N) is 4. The highest BCUT2D eigenvalue weighted by Gasteiger charge is 2.50. The summed E-state index contributed by atoms with van der Waals surface area (Å²) in [6, 6.07) is 15.5. The molecule has 9 nitrogen and oxygen atoms in total. The molecule has 0 radical (unpaired) electrons. The Bertz CT molecular complexity index is 1280. The largest absolute Gasteiger partial charge is 0.450 e. The van der Waals surface area contributed by atoms with Gasteiger partial charge in [-0.15, -0.1) is 0 Å². The SMILES string of the molecule is C=C(NCc1ccccc1)N1C2CN(CCOCc3ccc(F)cc3)C(=O)[C@H](CC(C)C)N2C(=O)CN1CC#COC. The molecule has 2 heterocycles. The molecule has 0 spiro atoms. The Hall–Kier alpha value is -4.07. The average Bonchev–Trinajstić information content (AvgIpc) is 2.97. The van der Waals surface area contributed by atoms with Gasteiger partial charge in [0.05, 0.1) is 40.0 Å². The maximum atomic E-state index is 13.8. The van der Waals surface area contributed by atoms with Crippen LogP contribution < -0.4 is 5.32 Å². The van der Waals surface area contributed by atoms with Gasteiger partial charge in [0.15, 0.2) is 0 Å². The molecule has 0 saturated carbocycles. The number of amides is 2. The van der Waals surface area contributed by atoms with Crippen LogP contribution in [-0.4, -0.2) is 83.7 Å². The second-order valence-electron chi connectivity index (χ2n) is 10.8. The number of rotatable bonds is 12. The molecule has 0 aliphatic carbocycles. The van der Waals surface area contributed by atoms with Crippen molar-refractivity contribution >= 4 is 11.8 Å². The van der Waals surface area contributed by atoms with Crippen molar-refractivity contribution in [3.63, 3.8) is 0 Å². The Kier molecular flexibility index (Phi) is 10.8. The van der Waals surface area contributed by atoms with Crippen LogP contribution in [0.4, 0.5) is 4.39 Å². The van der Waals surface area contributed by atoms with Gasteiger partial charge in [0.2, 0.25) is 11.8 Å². The quantitative estimate of drug-likeness (QED) is 0.307. The number of ether oxygens (including phenoxy) is 2. The van der Waals surface area contributed by atoms with Crippen LogP contribution in [-0.2, 0) is 32.2 Å². The molecule has 2 aromatic carbocycles. The first-order chi connectivity index (χ1) is 20.3. The van der Waals surface area contributed by atoms with Crippen molar-refractivity contribution in [3.8, 4) is 12.0 Å². The third kappa shape index (κ3) is 7.81. The van der Waals surface area contributed by atoms with Crippen molar-refractivity contribution in [2.45, 2.75) is 45.6 Å². The Balaban J connectivity index is 1.55. The molecular formula is C32H40FN5O4. The van der Waals surface area contributed by atoms with E-state index in [1.54, 1.807) is 21.9 Å². The molecule has 2 atom stereocenters. The first-order valence-corrected chi connectivity index (χ1v) is 14.2. The zero-order valence-electron chi connectivity index (χ0n) is 24.6. The fraction of sp³-hybridized carbons (Fsp3) is 0.438. The van der Waals surface area contributed by atoms with Crippen LogP contribution in [0.25, 0.3) is 0 Å². The molecule has 2 saturated heterocycles. The molecule has 10 heteroatoms. The highest BCUT2D eigenvalue weighted by Crippen LogP contribution is 2.30. The summed E-state index contributed by atoms with van der Waals surface area (Å²) in [5, 5.41) is 7.22. The number of piperazine rings is 1. The van der Waals surface area contributed by atoms with Crippen molar-refractivity contribution in [2.75, 3.05) is 39.9 Å². The Morgan fingerprint density at radius 1 is 1.12 bits per heavy atom. The van der Waals surface area contributed by atoms with Crippen molar-refractivity contribution < 1.29 is 23.5 Å². The molecule has 1 N–H and O–H groups in total. The normalized spacial score (nSPS) is 18.9. The minimum absolute atomic E-state index is 0.0591. The maximum absolute atomic E-state index is 13.8.